The Kier molecular flexibility index (Phi) is 5.55. The van der Waals surface area contributed by atoms with Gasteiger partial charge in [-0.3, -0.25) is 9.69 Å². The molecule has 0 aromatic heterocycles. The molecule has 110 valence electrons. The van der Waals surface area contributed by atoms with Crippen LogP contribution < -0.4 is 0 Å². The van der Waals surface area contributed by atoms with Crippen LogP contribution in [0.2, 0.25) is 5.02 Å². The van der Waals surface area contributed by atoms with Crippen LogP contribution in [0.25, 0.3) is 0 Å². The maximum Gasteiger partial charge on any atom is 0.142 e. The maximum absolute atomic E-state index is 13.5. The summed E-state index contributed by atoms with van der Waals surface area (Å²) in [5.41, 5.74) is 0.808. The Morgan fingerprint density at radius 3 is 2.95 bits per heavy atom. The molecule has 0 saturated carbocycles. The molecule has 1 aliphatic rings. The van der Waals surface area contributed by atoms with Gasteiger partial charge < -0.3 is 0 Å². The molecule has 4 heteroatoms. The van der Waals surface area contributed by atoms with Crippen LogP contribution in [0.4, 0.5) is 4.39 Å². The van der Waals surface area contributed by atoms with E-state index < -0.39 is 0 Å². The lowest BCUT2D eigenvalue weighted by Crippen LogP contribution is -2.35. The van der Waals surface area contributed by atoms with Crippen molar-refractivity contribution < 1.29 is 9.18 Å². The lowest BCUT2D eigenvalue weighted by molar-refractivity contribution is -0.118. The lowest BCUT2D eigenvalue weighted by atomic mass is 10.0. The van der Waals surface area contributed by atoms with E-state index in [0.29, 0.717) is 13.0 Å². The Hall–Kier alpha value is -0.930. The molecule has 20 heavy (non-hydrogen) atoms. The summed E-state index contributed by atoms with van der Waals surface area (Å²) in [4.78, 5) is 13.7. The number of Topliss-reactive ketones (excluding diaryl/α,β-unsaturated/α-hetero) is 1. The summed E-state index contributed by atoms with van der Waals surface area (Å²) in [6.07, 6.45) is 5.09. The zero-order valence-corrected chi connectivity index (χ0v) is 12.6. The Bertz CT molecular complexity index is 478. The molecule has 2 rings (SSSR count). The largest absolute Gasteiger partial charge is 0.300 e. The molecule has 0 spiro atoms. The number of halogens is 2. The number of ketones is 1. The Morgan fingerprint density at radius 2 is 2.20 bits per heavy atom. The van der Waals surface area contributed by atoms with E-state index in [1.807, 2.05) is 6.07 Å². The molecule has 1 aromatic rings. The quantitative estimate of drug-likeness (QED) is 0.830. The van der Waals surface area contributed by atoms with E-state index in [9.17, 15) is 9.18 Å². The van der Waals surface area contributed by atoms with Crippen LogP contribution in [0.1, 0.15) is 44.6 Å². The highest BCUT2D eigenvalue weighted by Crippen LogP contribution is 2.26. The number of benzene rings is 1. The predicted molar refractivity (Wildman–Crippen MR) is 79.4 cm³/mol. The van der Waals surface area contributed by atoms with E-state index in [1.165, 1.54) is 12.5 Å². The van der Waals surface area contributed by atoms with Gasteiger partial charge in [0, 0.05) is 19.0 Å². The number of likely N-dealkylation sites (tertiary alicyclic amines) is 1. The van der Waals surface area contributed by atoms with Crippen LogP contribution in [-0.2, 0) is 11.3 Å². The number of hydrogen-bond donors (Lipinski definition) is 0. The van der Waals surface area contributed by atoms with Gasteiger partial charge in [0.05, 0.1) is 5.02 Å². The zero-order chi connectivity index (χ0) is 14.5. The van der Waals surface area contributed by atoms with Crippen molar-refractivity contribution in [2.24, 2.45) is 0 Å². The summed E-state index contributed by atoms with van der Waals surface area (Å²) in [5, 5.41) is 0.207. The van der Waals surface area contributed by atoms with Gasteiger partial charge in [-0.25, -0.2) is 4.39 Å². The van der Waals surface area contributed by atoms with E-state index in [0.717, 1.165) is 31.4 Å². The number of carbonyl (C=O) groups is 1. The second-order valence-corrected chi connectivity index (χ2v) is 5.97. The van der Waals surface area contributed by atoms with Crippen LogP contribution in [0, 0.1) is 5.82 Å². The van der Waals surface area contributed by atoms with Gasteiger partial charge in [0.25, 0.3) is 0 Å². The molecule has 1 saturated heterocycles. The molecule has 2 nitrogen and oxygen atoms in total. The standard InChI is InChI=1S/C16H21ClFNO/c1-12(20)10-14-7-3-2-4-9-19(14)11-13-6-5-8-15(18)16(13)17/h5-6,8,14H,2-4,7,9-11H2,1H3. The number of rotatable bonds is 4. The molecule has 0 aliphatic carbocycles. The summed E-state index contributed by atoms with van der Waals surface area (Å²) in [5.74, 6) is -0.158. The topological polar surface area (TPSA) is 20.3 Å². The molecule has 0 amide bonds. The minimum atomic E-state index is -0.373. The van der Waals surface area contributed by atoms with Crippen molar-refractivity contribution in [2.75, 3.05) is 6.54 Å². The van der Waals surface area contributed by atoms with Gasteiger partial charge in [0.1, 0.15) is 11.6 Å². The van der Waals surface area contributed by atoms with E-state index in [2.05, 4.69) is 4.90 Å². The first-order valence-electron chi connectivity index (χ1n) is 7.24. The average molecular weight is 298 g/mol. The van der Waals surface area contributed by atoms with Crippen LogP contribution in [-0.4, -0.2) is 23.3 Å². The molecule has 1 aliphatic heterocycles. The second kappa shape index (κ2) is 7.19. The third-order valence-corrected chi connectivity index (χ3v) is 4.35. The van der Waals surface area contributed by atoms with Gasteiger partial charge in [-0.2, -0.15) is 0 Å². The Labute approximate surface area is 124 Å². The Balaban J connectivity index is 2.14. The van der Waals surface area contributed by atoms with E-state index >= 15 is 0 Å². The monoisotopic (exact) mass is 297 g/mol. The molecule has 1 unspecified atom stereocenters. The first-order chi connectivity index (χ1) is 9.58. The minimum Gasteiger partial charge on any atom is -0.300 e. The number of nitrogens with zero attached hydrogens (tertiary/aromatic N) is 1. The first kappa shape index (κ1) is 15.5. The van der Waals surface area contributed by atoms with Gasteiger partial charge >= 0.3 is 0 Å². The van der Waals surface area contributed by atoms with Crippen molar-refractivity contribution in [3.8, 4) is 0 Å². The van der Waals surface area contributed by atoms with Crippen molar-refractivity contribution in [3.63, 3.8) is 0 Å². The molecule has 1 fully saturated rings. The summed E-state index contributed by atoms with van der Waals surface area (Å²) < 4.78 is 13.5. The highest BCUT2D eigenvalue weighted by Gasteiger charge is 2.23. The summed E-state index contributed by atoms with van der Waals surface area (Å²) >= 11 is 6.04. The summed E-state index contributed by atoms with van der Waals surface area (Å²) in [6.45, 7) is 3.21. The van der Waals surface area contributed by atoms with Gasteiger partial charge in [0.15, 0.2) is 0 Å². The Morgan fingerprint density at radius 1 is 1.40 bits per heavy atom. The van der Waals surface area contributed by atoms with Crippen LogP contribution >= 0.6 is 11.6 Å². The molecule has 1 aromatic carbocycles. The van der Waals surface area contributed by atoms with Gasteiger partial charge in [-0.05, 0) is 37.9 Å². The zero-order valence-electron chi connectivity index (χ0n) is 11.9. The first-order valence-corrected chi connectivity index (χ1v) is 7.62. The molecule has 1 heterocycles. The molecule has 0 bridgehead atoms. The molecular weight excluding hydrogens is 277 g/mol. The molecule has 1 atom stereocenters. The van der Waals surface area contributed by atoms with Crippen molar-refractivity contribution in [2.45, 2.75) is 51.6 Å². The lowest BCUT2D eigenvalue weighted by Gasteiger charge is -2.29. The second-order valence-electron chi connectivity index (χ2n) is 5.59. The number of carbonyl (C=O) groups excluding carboxylic acids is 1. The maximum atomic E-state index is 13.5. The SMILES string of the molecule is CC(=O)CC1CCCCCN1Cc1cccc(F)c1Cl. The van der Waals surface area contributed by atoms with Crippen molar-refractivity contribution in [3.05, 3.63) is 34.6 Å². The summed E-state index contributed by atoms with van der Waals surface area (Å²) in [6, 6.07) is 5.19. The fourth-order valence-electron chi connectivity index (χ4n) is 2.90. The van der Waals surface area contributed by atoms with E-state index in [-0.39, 0.29) is 22.7 Å². The fraction of sp³-hybridized carbons (Fsp3) is 0.562. The predicted octanol–water partition coefficient (Wildman–Crippen LogP) is 4.20. The smallest absolute Gasteiger partial charge is 0.142 e. The van der Waals surface area contributed by atoms with Crippen LogP contribution in [0.5, 0.6) is 0 Å². The normalized spacial score (nSPS) is 20.6. The minimum absolute atomic E-state index is 0.207. The molecule has 0 N–H and O–H groups in total. The highest BCUT2D eigenvalue weighted by atomic mass is 35.5. The molecular formula is C16H21ClFNO. The summed E-state index contributed by atoms with van der Waals surface area (Å²) in [7, 11) is 0. The number of hydrogen-bond acceptors (Lipinski definition) is 2. The van der Waals surface area contributed by atoms with Gasteiger partial charge in [0.2, 0.25) is 0 Å². The highest BCUT2D eigenvalue weighted by molar-refractivity contribution is 6.31. The van der Waals surface area contributed by atoms with E-state index in [4.69, 9.17) is 11.6 Å². The van der Waals surface area contributed by atoms with Crippen molar-refractivity contribution in [1.82, 2.24) is 4.90 Å². The third kappa shape index (κ3) is 4.03. The van der Waals surface area contributed by atoms with Gasteiger partial charge in [-0.15, -0.1) is 0 Å². The van der Waals surface area contributed by atoms with Gasteiger partial charge in [-0.1, -0.05) is 36.6 Å². The van der Waals surface area contributed by atoms with Crippen molar-refractivity contribution in [1.29, 1.82) is 0 Å². The molecule has 0 radical (unpaired) electrons. The van der Waals surface area contributed by atoms with E-state index in [1.54, 1.807) is 13.0 Å². The van der Waals surface area contributed by atoms with Crippen molar-refractivity contribution >= 4 is 17.4 Å². The average Bonchev–Trinajstić information content (AvgIpc) is 2.60. The van der Waals surface area contributed by atoms with Crippen LogP contribution in [0.3, 0.4) is 0 Å². The fourth-order valence-corrected chi connectivity index (χ4v) is 3.08. The third-order valence-electron chi connectivity index (χ3n) is 3.93. The van der Waals surface area contributed by atoms with Crippen LogP contribution in [0.15, 0.2) is 18.2 Å².